The van der Waals surface area contributed by atoms with Gasteiger partial charge in [0, 0.05) is 6.08 Å². The highest BCUT2D eigenvalue weighted by molar-refractivity contribution is 6.07. The zero-order valence-electron chi connectivity index (χ0n) is 16.5. The van der Waals surface area contributed by atoms with E-state index in [1.165, 1.54) is 59.4 Å². The summed E-state index contributed by atoms with van der Waals surface area (Å²) in [4.78, 5) is 11.1. The normalized spacial score (nSPS) is 14.8. The molecule has 23 heavy (non-hydrogen) atoms. The molecule has 0 heterocycles. The molecule has 0 aliphatic rings. The predicted octanol–water partition coefficient (Wildman–Crippen LogP) is 5.46. The standard InChI is InChI=1S/C20H39BO2/c1-16(2)9-6-10-17(3)11-7-12-18(4)13-8-14-19(5)15-20(22)23-21/h15-18H,6-14,21H2,1-5H3/b19-15+/t17-,18-/m1/s1. The molecule has 0 aromatic carbocycles. The lowest BCUT2D eigenvalue weighted by atomic mass is 9.91. The van der Waals surface area contributed by atoms with Crippen LogP contribution in [0.1, 0.15) is 92.4 Å². The van der Waals surface area contributed by atoms with E-state index in [4.69, 9.17) is 0 Å². The van der Waals surface area contributed by atoms with Gasteiger partial charge in [-0.2, -0.15) is 0 Å². The van der Waals surface area contributed by atoms with Gasteiger partial charge in [-0.05, 0) is 37.5 Å². The van der Waals surface area contributed by atoms with E-state index in [2.05, 4.69) is 32.3 Å². The summed E-state index contributed by atoms with van der Waals surface area (Å²) in [5.74, 6) is 2.29. The van der Waals surface area contributed by atoms with Gasteiger partial charge in [0.05, 0.1) is 0 Å². The maximum absolute atomic E-state index is 11.1. The minimum atomic E-state index is -0.234. The molecule has 3 heteroatoms. The third-order valence-electron chi connectivity index (χ3n) is 4.71. The Hall–Kier alpha value is -0.725. The quantitative estimate of drug-likeness (QED) is 0.332. The number of hydrogen-bond acceptors (Lipinski definition) is 2. The lowest BCUT2D eigenvalue weighted by Crippen LogP contribution is -2.00. The van der Waals surface area contributed by atoms with Gasteiger partial charge in [0.2, 0.25) is 0 Å². The summed E-state index contributed by atoms with van der Waals surface area (Å²) in [5.41, 5.74) is 1.13. The fourth-order valence-electron chi connectivity index (χ4n) is 3.04. The summed E-state index contributed by atoms with van der Waals surface area (Å²) in [6, 6.07) is 0. The summed E-state index contributed by atoms with van der Waals surface area (Å²) < 4.78 is 4.65. The van der Waals surface area contributed by atoms with Gasteiger partial charge in [-0.3, -0.25) is 0 Å². The van der Waals surface area contributed by atoms with E-state index in [1.54, 1.807) is 6.08 Å². The minimum absolute atomic E-state index is 0.234. The summed E-state index contributed by atoms with van der Waals surface area (Å²) >= 11 is 0. The SMILES string of the molecule is BOC(=O)/C=C(\C)CCC[C@H](C)CCC[C@H](C)CCCC(C)C. The summed E-state index contributed by atoms with van der Waals surface area (Å²) in [6.45, 7) is 11.4. The molecule has 0 radical (unpaired) electrons. The highest BCUT2D eigenvalue weighted by atomic mass is 16.5. The molecule has 134 valence electrons. The van der Waals surface area contributed by atoms with Crippen molar-refractivity contribution < 1.29 is 9.45 Å². The van der Waals surface area contributed by atoms with Crippen molar-refractivity contribution in [2.45, 2.75) is 92.4 Å². The van der Waals surface area contributed by atoms with Gasteiger partial charge in [-0.15, -0.1) is 0 Å². The third kappa shape index (κ3) is 14.6. The number of carbonyl (C=O) groups is 1. The van der Waals surface area contributed by atoms with Crippen molar-refractivity contribution in [3.8, 4) is 0 Å². The van der Waals surface area contributed by atoms with Crippen LogP contribution in [0.25, 0.3) is 0 Å². The Balaban J connectivity index is 3.65. The zero-order valence-corrected chi connectivity index (χ0v) is 16.5. The smallest absolute Gasteiger partial charge is 0.326 e. The number of allylic oxidation sites excluding steroid dienone is 1. The van der Waals surface area contributed by atoms with E-state index < -0.39 is 0 Å². The molecule has 0 fully saturated rings. The van der Waals surface area contributed by atoms with Crippen LogP contribution >= 0.6 is 0 Å². The van der Waals surface area contributed by atoms with Crippen LogP contribution in [0.4, 0.5) is 0 Å². The zero-order chi connectivity index (χ0) is 17.7. The number of rotatable bonds is 13. The van der Waals surface area contributed by atoms with Gasteiger partial charge in [0.1, 0.15) is 0 Å². The van der Waals surface area contributed by atoms with E-state index in [-0.39, 0.29) is 5.97 Å². The molecule has 2 nitrogen and oxygen atoms in total. The van der Waals surface area contributed by atoms with Crippen molar-refractivity contribution in [1.82, 2.24) is 0 Å². The molecule has 0 saturated heterocycles. The Morgan fingerprint density at radius 1 is 0.913 bits per heavy atom. The van der Waals surface area contributed by atoms with Gasteiger partial charge >= 0.3 is 14.0 Å². The molecule has 0 rings (SSSR count). The average molecular weight is 322 g/mol. The van der Waals surface area contributed by atoms with Crippen LogP contribution in [0.5, 0.6) is 0 Å². The Bertz CT molecular complexity index is 337. The predicted molar refractivity (Wildman–Crippen MR) is 103 cm³/mol. The van der Waals surface area contributed by atoms with Crippen molar-refractivity contribution in [2.24, 2.45) is 17.8 Å². The maximum atomic E-state index is 11.1. The molecule has 0 saturated carbocycles. The van der Waals surface area contributed by atoms with Crippen molar-refractivity contribution in [3.63, 3.8) is 0 Å². The second-order valence-corrected chi connectivity index (χ2v) is 7.87. The number of hydrogen-bond donors (Lipinski definition) is 0. The average Bonchev–Trinajstić information content (AvgIpc) is 2.46. The molecule has 0 aromatic rings. The van der Waals surface area contributed by atoms with Crippen LogP contribution in [0.3, 0.4) is 0 Å². The topological polar surface area (TPSA) is 26.3 Å². The minimum Gasteiger partial charge on any atom is -0.540 e. The molecule has 0 bridgehead atoms. The fraction of sp³-hybridized carbons (Fsp3) is 0.850. The lowest BCUT2D eigenvalue weighted by Gasteiger charge is -2.15. The van der Waals surface area contributed by atoms with Crippen LogP contribution in [0.15, 0.2) is 11.6 Å². The van der Waals surface area contributed by atoms with Crippen molar-refractivity contribution in [3.05, 3.63) is 11.6 Å². The largest absolute Gasteiger partial charge is 0.540 e. The first-order valence-electron chi connectivity index (χ1n) is 9.60. The lowest BCUT2D eigenvalue weighted by molar-refractivity contribution is -0.128. The molecule has 0 aliphatic heterocycles. The fourth-order valence-corrected chi connectivity index (χ4v) is 3.04. The molecule has 2 atom stereocenters. The first-order valence-corrected chi connectivity index (χ1v) is 9.60. The van der Waals surface area contributed by atoms with Crippen molar-refractivity contribution in [1.29, 1.82) is 0 Å². The van der Waals surface area contributed by atoms with Crippen molar-refractivity contribution >= 4 is 14.0 Å². The highest BCUT2D eigenvalue weighted by Gasteiger charge is 2.07. The van der Waals surface area contributed by atoms with Gasteiger partial charge in [-0.25, -0.2) is 4.79 Å². The summed E-state index contributed by atoms with van der Waals surface area (Å²) in [6.07, 6.45) is 13.3. The van der Waals surface area contributed by atoms with Gasteiger partial charge < -0.3 is 4.65 Å². The van der Waals surface area contributed by atoms with Gasteiger partial charge in [-0.1, -0.05) is 78.2 Å². The van der Waals surface area contributed by atoms with Crippen molar-refractivity contribution in [2.75, 3.05) is 0 Å². The third-order valence-corrected chi connectivity index (χ3v) is 4.71. The summed E-state index contributed by atoms with van der Waals surface area (Å²) in [5, 5.41) is 0. The van der Waals surface area contributed by atoms with E-state index in [0.717, 1.165) is 29.7 Å². The van der Waals surface area contributed by atoms with E-state index in [0.29, 0.717) is 0 Å². The molecule has 0 N–H and O–H groups in total. The monoisotopic (exact) mass is 322 g/mol. The number of carbonyl (C=O) groups excluding carboxylic acids is 1. The van der Waals surface area contributed by atoms with Crippen LogP contribution in [0.2, 0.25) is 0 Å². The van der Waals surface area contributed by atoms with Gasteiger partial charge in [0.15, 0.2) is 0 Å². The Kier molecular flexibility index (Phi) is 13.3. The van der Waals surface area contributed by atoms with E-state index >= 15 is 0 Å². The second-order valence-electron chi connectivity index (χ2n) is 7.87. The van der Waals surface area contributed by atoms with E-state index in [1.807, 2.05) is 6.92 Å². The Labute approximate surface area is 145 Å². The highest BCUT2D eigenvalue weighted by Crippen LogP contribution is 2.22. The molecular formula is C20H39BO2. The second kappa shape index (κ2) is 13.7. The molecule has 0 spiro atoms. The van der Waals surface area contributed by atoms with Gasteiger partial charge in [0.25, 0.3) is 0 Å². The first-order chi connectivity index (χ1) is 10.8. The van der Waals surface area contributed by atoms with E-state index in [9.17, 15) is 4.79 Å². The molecule has 0 unspecified atom stereocenters. The van der Waals surface area contributed by atoms with Crippen LogP contribution in [-0.2, 0) is 9.45 Å². The Morgan fingerprint density at radius 3 is 1.87 bits per heavy atom. The van der Waals surface area contributed by atoms with Crippen LogP contribution in [-0.4, -0.2) is 14.0 Å². The molecule has 0 amide bonds. The molecule has 0 aliphatic carbocycles. The van der Waals surface area contributed by atoms with Crippen LogP contribution in [0, 0.1) is 17.8 Å². The maximum Gasteiger partial charge on any atom is 0.326 e. The van der Waals surface area contributed by atoms with Crippen LogP contribution < -0.4 is 0 Å². The first kappa shape index (κ1) is 22.3. The molecule has 0 aromatic heterocycles. The molecular weight excluding hydrogens is 283 g/mol. The Morgan fingerprint density at radius 2 is 1.39 bits per heavy atom. The summed E-state index contributed by atoms with van der Waals surface area (Å²) in [7, 11) is 1.43.